The van der Waals surface area contributed by atoms with E-state index >= 15 is 0 Å². The molecule has 0 spiro atoms. The molecule has 0 aromatic heterocycles. The molecule has 0 heterocycles. The van der Waals surface area contributed by atoms with Crippen LogP contribution in [0.4, 0.5) is 13.2 Å². The zero-order valence-electron chi connectivity index (χ0n) is 11.3. The van der Waals surface area contributed by atoms with E-state index in [1.54, 1.807) is 18.2 Å². The molecule has 0 aliphatic rings. The number of aliphatic hydroxyl groups excluding tert-OH is 1. The fourth-order valence-electron chi connectivity index (χ4n) is 2.05. The molecule has 2 nitrogen and oxygen atoms in total. The molecular formula is C14H19BrF3NO. The maximum Gasteiger partial charge on any atom is 0.401 e. The molecule has 1 rings (SSSR count). The summed E-state index contributed by atoms with van der Waals surface area (Å²) in [5.41, 5.74) is 0.705. The molecule has 114 valence electrons. The Labute approximate surface area is 125 Å². The molecule has 1 N–H and O–H groups in total. The predicted molar refractivity (Wildman–Crippen MR) is 76.5 cm³/mol. The molecule has 0 radical (unpaired) electrons. The highest BCUT2D eigenvalue weighted by atomic mass is 79.9. The van der Waals surface area contributed by atoms with Gasteiger partial charge in [-0.05, 0) is 31.0 Å². The summed E-state index contributed by atoms with van der Waals surface area (Å²) < 4.78 is 38.1. The minimum Gasteiger partial charge on any atom is -0.388 e. The summed E-state index contributed by atoms with van der Waals surface area (Å²) in [7, 11) is 0. The first-order valence-electron chi connectivity index (χ1n) is 6.55. The van der Waals surface area contributed by atoms with Crippen LogP contribution < -0.4 is 0 Å². The Morgan fingerprint density at radius 1 is 1.25 bits per heavy atom. The van der Waals surface area contributed by atoms with Crippen LogP contribution in [0.25, 0.3) is 0 Å². The Morgan fingerprint density at radius 3 is 2.45 bits per heavy atom. The van der Waals surface area contributed by atoms with Crippen molar-refractivity contribution in [2.24, 2.45) is 0 Å². The smallest absolute Gasteiger partial charge is 0.388 e. The van der Waals surface area contributed by atoms with Crippen LogP contribution in [0.15, 0.2) is 28.7 Å². The maximum atomic E-state index is 12.4. The predicted octanol–water partition coefficient (Wildman–Crippen LogP) is 4.15. The molecule has 20 heavy (non-hydrogen) atoms. The highest BCUT2D eigenvalue weighted by Crippen LogP contribution is 2.26. The molecule has 0 saturated carbocycles. The third-order valence-electron chi connectivity index (χ3n) is 2.93. The Morgan fingerprint density at radius 2 is 1.90 bits per heavy atom. The number of hydrogen-bond acceptors (Lipinski definition) is 2. The van der Waals surface area contributed by atoms with Gasteiger partial charge >= 0.3 is 6.18 Å². The SMILES string of the molecule is CCCN(CCC(O)c1ccccc1Br)CC(F)(F)F. The molecule has 1 atom stereocenters. The van der Waals surface area contributed by atoms with Crippen LogP contribution in [0.1, 0.15) is 31.4 Å². The number of halogens is 4. The summed E-state index contributed by atoms with van der Waals surface area (Å²) in [6, 6.07) is 7.19. The van der Waals surface area contributed by atoms with Crippen molar-refractivity contribution in [2.45, 2.75) is 32.0 Å². The molecule has 0 saturated heterocycles. The molecule has 0 aliphatic carbocycles. The van der Waals surface area contributed by atoms with Gasteiger partial charge in [-0.1, -0.05) is 41.1 Å². The van der Waals surface area contributed by atoms with Crippen molar-refractivity contribution in [3.63, 3.8) is 0 Å². The normalized spacial score (nSPS) is 13.8. The zero-order chi connectivity index (χ0) is 15.2. The van der Waals surface area contributed by atoms with E-state index in [2.05, 4.69) is 15.9 Å². The van der Waals surface area contributed by atoms with E-state index in [0.29, 0.717) is 18.5 Å². The maximum absolute atomic E-state index is 12.4. The fraction of sp³-hybridized carbons (Fsp3) is 0.571. The fourth-order valence-corrected chi connectivity index (χ4v) is 2.59. The highest BCUT2D eigenvalue weighted by Gasteiger charge is 2.30. The zero-order valence-corrected chi connectivity index (χ0v) is 12.9. The van der Waals surface area contributed by atoms with Gasteiger partial charge < -0.3 is 5.11 Å². The molecule has 1 unspecified atom stereocenters. The van der Waals surface area contributed by atoms with Crippen molar-refractivity contribution in [1.29, 1.82) is 0 Å². The summed E-state index contributed by atoms with van der Waals surface area (Å²) >= 11 is 3.33. The van der Waals surface area contributed by atoms with E-state index < -0.39 is 18.8 Å². The largest absolute Gasteiger partial charge is 0.401 e. The molecule has 1 aromatic carbocycles. The average Bonchev–Trinajstić information content (AvgIpc) is 2.34. The van der Waals surface area contributed by atoms with Crippen LogP contribution >= 0.6 is 15.9 Å². The third kappa shape index (κ3) is 6.24. The second-order valence-electron chi connectivity index (χ2n) is 4.72. The van der Waals surface area contributed by atoms with Gasteiger partial charge in [-0.25, -0.2) is 0 Å². The lowest BCUT2D eigenvalue weighted by atomic mass is 10.1. The Kier molecular flexibility index (Phi) is 6.99. The summed E-state index contributed by atoms with van der Waals surface area (Å²) in [5.74, 6) is 0. The summed E-state index contributed by atoms with van der Waals surface area (Å²) in [6.07, 6.45) is -4.04. The first kappa shape index (κ1) is 17.5. The number of benzene rings is 1. The van der Waals surface area contributed by atoms with E-state index in [1.807, 2.05) is 13.0 Å². The van der Waals surface area contributed by atoms with Crippen LogP contribution in [-0.2, 0) is 0 Å². The van der Waals surface area contributed by atoms with Gasteiger partial charge in [0.2, 0.25) is 0 Å². The van der Waals surface area contributed by atoms with Gasteiger partial charge in [-0.2, -0.15) is 13.2 Å². The molecule has 0 amide bonds. The average molecular weight is 354 g/mol. The number of rotatable bonds is 7. The topological polar surface area (TPSA) is 23.5 Å². The molecular weight excluding hydrogens is 335 g/mol. The molecule has 0 aliphatic heterocycles. The van der Waals surface area contributed by atoms with Gasteiger partial charge in [-0.3, -0.25) is 4.90 Å². The van der Waals surface area contributed by atoms with Gasteiger partial charge in [0.05, 0.1) is 12.6 Å². The van der Waals surface area contributed by atoms with Crippen molar-refractivity contribution in [2.75, 3.05) is 19.6 Å². The summed E-state index contributed by atoms with van der Waals surface area (Å²) in [6.45, 7) is 1.51. The van der Waals surface area contributed by atoms with Crippen molar-refractivity contribution in [3.05, 3.63) is 34.3 Å². The van der Waals surface area contributed by atoms with Gasteiger partial charge in [0, 0.05) is 11.0 Å². The van der Waals surface area contributed by atoms with Gasteiger partial charge in [0.1, 0.15) is 0 Å². The van der Waals surface area contributed by atoms with Gasteiger partial charge in [0.15, 0.2) is 0 Å². The first-order chi connectivity index (χ1) is 9.33. The van der Waals surface area contributed by atoms with E-state index in [-0.39, 0.29) is 13.0 Å². The minimum atomic E-state index is -4.20. The van der Waals surface area contributed by atoms with Crippen molar-refractivity contribution < 1.29 is 18.3 Å². The van der Waals surface area contributed by atoms with E-state index in [0.717, 1.165) is 4.47 Å². The van der Waals surface area contributed by atoms with Crippen molar-refractivity contribution in [3.8, 4) is 0 Å². The van der Waals surface area contributed by atoms with Crippen molar-refractivity contribution in [1.82, 2.24) is 4.90 Å². The number of hydrogen-bond donors (Lipinski definition) is 1. The van der Waals surface area contributed by atoms with Crippen LogP contribution in [-0.4, -0.2) is 35.8 Å². The van der Waals surface area contributed by atoms with Crippen LogP contribution in [0.5, 0.6) is 0 Å². The van der Waals surface area contributed by atoms with E-state index in [1.165, 1.54) is 4.90 Å². The van der Waals surface area contributed by atoms with Gasteiger partial charge in [0.25, 0.3) is 0 Å². The van der Waals surface area contributed by atoms with E-state index in [9.17, 15) is 18.3 Å². The minimum absolute atomic E-state index is 0.218. The number of alkyl halides is 3. The second kappa shape index (κ2) is 8.00. The molecule has 0 fully saturated rings. The monoisotopic (exact) mass is 353 g/mol. The number of nitrogens with zero attached hydrogens (tertiary/aromatic N) is 1. The Balaban J connectivity index is 2.56. The first-order valence-corrected chi connectivity index (χ1v) is 7.34. The van der Waals surface area contributed by atoms with Crippen molar-refractivity contribution >= 4 is 15.9 Å². The van der Waals surface area contributed by atoms with E-state index in [4.69, 9.17) is 0 Å². The molecule has 1 aromatic rings. The lowest BCUT2D eigenvalue weighted by molar-refractivity contribution is -0.146. The summed E-state index contributed by atoms with van der Waals surface area (Å²) in [5, 5.41) is 10.1. The summed E-state index contributed by atoms with van der Waals surface area (Å²) in [4.78, 5) is 1.33. The number of aliphatic hydroxyl groups is 1. The quantitative estimate of drug-likeness (QED) is 0.795. The highest BCUT2D eigenvalue weighted by molar-refractivity contribution is 9.10. The van der Waals surface area contributed by atoms with Crippen LogP contribution in [0.2, 0.25) is 0 Å². The third-order valence-corrected chi connectivity index (χ3v) is 3.65. The van der Waals surface area contributed by atoms with Crippen LogP contribution in [0.3, 0.4) is 0 Å². The molecule has 6 heteroatoms. The molecule has 0 bridgehead atoms. The lowest BCUT2D eigenvalue weighted by Gasteiger charge is -2.24. The van der Waals surface area contributed by atoms with Gasteiger partial charge in [-0.15, -0.1) is 0 Å². The standard InChI is InChI=1S/C14H19BrF3NO/c1-2-8-19(10-14(16,17)18)9-7-13(20)11-5-3-4-6-12(11)15/h3-6,13,20H,2,7-10H2,1H3. The second-order valence-corrected chi connectivity index (χ2v) is 5.57. The Bertz CT molecular complexity index is 412. The Hall–Kier alpha value is -0.590. The van der Waals surface area contributed by atoms with Crippen LogP contribution in [0, 0.1) is 0 Å². The lowest BCUT2D eigenvalue weighted by Crippen LogP contribution is -2.36.